The van der Waals surface area contributed by atoms with E-state index in [1.165, 1.54) is 4.88 Å². The van der Waals surface area contributed by atoms with Crippen molar-refractivity contribution in [3.8, 4) is 11.5 Å². The van der Waals surface area contributed by atoms with E-state index in [1.54, 1.807) is 32.7 Å². The van der Waals surface area contributed by atoms with Gasteiger partial charge < -0.3 is 30.0 Å². The fraction of sp³-hybridized carbons (Fsp3) is 0.630. The van der Waals surface area contributed by atoms with Crippen LogP contribution >= 0.6 is 11.3 Å². The second kappa shape index (κ2) is 10.9. The molecule has 1 fully saturated rings. The largest absolute Gasteiger partial charge is 0.497 e. The summed E-state index contributed by atoms with van der Waals surface area (Å²) in [7, 11) is 4.90. The van der Waals surface area contributed by atoms with Gasteiger partial charge in [0.25, 0.3) is 0 Å². The molecule has 1 heterocycles. The maximum Gasteiger partial charge on any atom is 0.223 e. The molecule has 1 aromatic heterocycles. The summed E-state index contributed by atoms with van der Waals surface area (Å²) < 4.78 is 15.9. The van der Waals surface area contributed by atoms with E-state index in [0.717, 1.165) is 41.5 Å². The van der Waals surface area contributed by atoms with Gasteiger partial charge in [0.2, 0.25) is 5.91 Å². The van der Waals surface area contributed by atoms with Crippen LogP contribution < -0.4 is 20.1 Å². The fourth-order valence-corrected chi connectivity index (χ4v) is 7.54. The number of fused-ring (bicyclic) bond motifs is 2. The normalized spacial score (nSPS) is 28.0. The number of hydrogen-bond donors (Lipinski definition) is 3. The van der Waals surface area contributed by atoms with Crippen LogP contribution in [0, 0.1) is 23.2 Å². The van der Waals surface area contributed by atoms with Gasteiger partial charge in [-0.25, -0.2) is 4.98 Å². The number of hydrogen-bond acceptors (Lipinski definition) is 8. The van der Waals surface area contributed by atoms with Crippen LogP contribution in [0.25, 0.3) is 0 Å². The van der Waals surface area contributed by atoms with E-state index in [0.29, 0.717) is 18.9 Å². The minimum absolute atomic E-state index is 0.0174. The van der Waals surface area contributed by atoms with Crippen molar-refractivity contribution in [2.45, 2.75) is 52.1 Å². The van der Waals surface area contributed by atoms with Crippen LogP contribution in [0.4, 0.5) is 10.8 Å². The van der Waals surface area contributed by atoms with Gasteiger partial charge in [0.05, 0.1) is 38.3 Å². The fourth-order valence-electron chi connectivity index (χ4n) is 6.26. The molecule has 3 N–H and O–H groups in total. The predicted octanol–water partition coefficient (Wildman–Crippen LogP) is 4.36. The Morgan fingerprint density at radius 2 is 2.08 bits per heavy atom. The van der Waals surface area contributed by atoms with E-state index in [4.69, 9.17) is 19.2 Å². The van der Waals surface area contributed by atoms with Gasteiger partial charge in [0, 0.05) is 36.4 Å². The van der Waals surface area contributed by atoms with Crippen LogP contribution in [0.2, 0.25) is 0 Å². The molecule has 198 valence electrons. The van der Waals surface area contributed by atoms with Crippen molar-refractivity contribution in [2.24, 2.45) is 23.2 Å². The summed E-state index contributed by atoms with van der Waals surface area (Å²) in [5, 5.41) is 18.8. The average molecular weight is 518 g/mol. The molecule has 1 saturated carbocycles. The number of carbonyl (C=O) groups is 1. The number of rotatable bonds is 9. The number of methoxy groups -OCH3 is 3. The molecule has 0 spiro atoms. The minimum Gasteiger partial charge on any atom is -0.497 e. The van der Waals surface area contributed by atoms with Crippen molar-refractivity contribution in [1.82, 2.24) is 10.3 Å². The first kappa shape index (κ1) is 26.7. The summed E-state index contributed by atoms with van der Waals surface area (Å²) in [4.78, 5) is 19.0. The van der Waals surface area contributed by atoms with E-state index in [-0.39, 0.29) is 35.0 Å². The molecule has 1 aromatic carbocycles. The summed E-state index contributed by atoms with van der Waals surface area (Å²) in [6, 6.07) is 5.63. The van der Waals surface area contributed by atoms with Crippen LogP contribution in [0.3, 0.4) is 0 Å². The van der Waals surface area contributed by atoms with Crippen molar-refractivity contribution < 1.29 is 24.1 Å². The van der Waals surface area contributed by atoms with Gasteiger partial charge in [0.15, 0.2) is 5.13 Å². The molecule has 2 aromatic rings. The highest BCUT2D eigenvalue weighted by Crippen LogP contribution is 2.57. The van der Waals surface area contributed by atoms with Crippen molar-refractivity contribution in [3.63, 3.8) is 0 Å². The number of nitrogens with zero attached hydrogens (tertiary/aromatic N) is 1. The predicted molar refractivity (Wildman–Crippen MR) is 141 cm³/mol. The van der Waals surface area contributed by atoms with Gasteiger partial charge in [-0.15, -0.1) is 11.3 Å². The summed E-state index contributed by atoms with van der Waals surface area (Å²) in [5.41, 5.74) is 1.81. The Morgan fingerprint density at radius 3 is 2.78 bits per heavy atom. The van der Waals surface area contributed by atoms with Crippen molar-refractivity contribution in [3.05, 3.63) is 28.8 Å². The lowest BCUT2D eigenvalue weighted by Crippen LogP contribution is -2.53. The Morgan fingerprint density at radius 1 is 1.31 bits per heavy atom. The third-order valence-corrected chi connectivity index (χ3v) is 9.22. The lowest BCUT2D eigenvalue weighted by molar-refractivity contribution is -0.135. The minimum atomic E-state index is -0.563. The SMILES string of the molecule is COCCNC(=O)[C@@H](C)[C@H]1CC[C@@]2(C)Cc3sc(Nc4cc(OC)ccc4OC)nc3[C@@H](C)[C@@H]2[C@H]1O. The monoisotopic (exact) mass is 517 g/mol. The molecule has 0 saturated heterocycles. The Bertz CT molecular complexity index is 1080. The molecule has 8 nitrogen and oxygen atoms in total. The van der Waals surface area contributed by atoms with Gasteiger partial charge in [0.1, 0.15) is 11.5 Å². The summed E-state index contributed by atoms with van der Waals surface area (Å²) in [6.45, 7) is 7.36. The van der Waals surface area contributed by atoms with E-state index >= 15 is 0 Å². The zero-order chi connectivity index (χ0) is 26.0. The highest BCUT2D eigenvalue weighted by molar-refractivity contribution is 7.15. The molecule has 36 heavy (non-hydrogen) atoms. The quantitative estimate of drug-likeness (QED) is 0.425. The van der Waals surface area contributed by atoms with E-state index < -0.39 is 6.10 Å². The lowest BCUT2D eigenvalue weighted by atomic mass is 9.53. The summed E-state index contributed by atoms with van der Waals surface area (Å²) in [5.74, 6) is 1.22. The maximum absolute atomic E-state index is 12.7. The Balaban J connectivity index is 1.55. The van der Waals surface area contributed by atoms with E-state index in [1.807, 2.05) is 25.1 Å². The highest BCUT2D eigenvalue weighted by Gasteiger charge is 2.53. The number of aromatic nitrogens is 1. The molecule has 6 atom stereocenters. The molecule has 1 amide bonds. The summed E-state index contributed by atoms with van der Waals surface area (Å²) >= 11 is 1.67. The van der Waals surface area contributed by atoms with Gasteiger partial charge in [-0.3, -0.25) is 4.79 Å². The number of carbonyl (C=O) groups excluding carboxylic acids is 1. The molecule has 2 aliphatic carbocycles. The van der Waals surface area contributed by atoms with Gasteiger partial charge in [-0.05, 0) is 48.6 Å². The van der Waals surface area contributed by atoms with Gasteiger partial charge >= 0.3 is 0 Å². The third kappa shape index (κ3) is 5.06. The molecule has 9 heteroatoms. The third-order valence-electron chi connectivity index (χ3n) is 8.23. The van der Waals surface area contributed by atoms with Crippen molar-refractivity contribution in [2.75, 3.05) is 39.8 Å². The van der Waals surface area contributed by atoms with E-state index in [2.05, 4.69) is 24.5 Å². The first-order valence-corrected chi connectivity index (χ1v) is 13.5. The van der Waals surface area contributed by atoms with Crippen LogP contribution in [-0.4, -0.2) is 56.6 Å². The zero-order valence-electron chi connectivity index (χ0n) is 22.1. The van der Waals surface area contributed by atoms with Crippen LogP contribution in [0.5, 0.6) is 11.5 Å². The molecule has 0 unspecified atom stereocenters. The number of benzene rings is 1. The standard InChI is InChI=1S/C27H39N3O5S/c1-15(25(32)28-11-12-33-4)18-9-10-27(3)14-21-23(16(2)22(27)24(18)31)30-26(36-21)29-19-13-17(34-5)7-8-20(19)35-6/h7-8,13,15-16,18,22,24,31H,9-12,14H2,1-6H3,(H,28,32)(H,29,30)/t15-,16-,18+,22+,24-,27-/m0/s1. The second-order valence-corrected chi connectivity index (χ2v) is 11.5. The Labute approximate surface area is 217 Å². The van der Waals surface area contributed by atoms with E-state index in [9.17, 15) is 9.90 Å². The number of thiazole rings is 1. The first-order chi connectivity index (χ1) is 17.2. The average Bonchev–Trinajstić information content (AvgIpc) is 3.25. The number of ether oxygens (including phenoxy) is 3. The van der Waals surface area contributed by atoms with Gasteiger partial charge in [-0.2, -0.15) is 0 Å². The molecule has 0 radical (unpaired) electrons. The van der Waals surface area contributed by atoms with Gasteiger partial charge in [-0.1, -0.05) is 20.8 Å². The number of aliphatic hydroxyl groups is 1. The smallest absolute Gasteiger partial charge is 0.223 e. The highest BCUT2D eigenvalue weighted by atomic mass is 32.1. The van der Waals surface area contributed by atoms with Crippen molar-refractivity contribution >= 4 is 28.1 Å². The zero-order valence-corrected chi connectivity index (χ0v) is 22.9. The lowest BCUT2D eigenvalue weighted by Gasteiger charge is -2.53. The molecule has 0 bridgehead atoms. The summed E-state index contributed by atoms with van der Waals surface area (Å²) in [6.07, 6.45) is 2.12. The second-order valence-electron chi connectivity index (χ2n) is 10.4. The molecule has 4 rings (SSSR count). The number of anilines is 2. The molecular weight excluding hydrogens is 478 g/mol. The van der Waals surface area contributed by atoms with Crippen molar-refractivity contribution in [1.29, 1.82) is 0 Å². The number of nitrogens with one attached hydrogen (secondary N) is 2. The Kier molecular flexibility index (Phi) is 8.12. The Hall–Kier alpha value is -2.36. The number of amides is 1. The molecule has 2 aliphatic rings. The first-order valence-electron chi connectivity index (χ1n) is 12.7. The van der Waals surface area contributed by atoms with Crippen LogP contribution in [0.15, 0.2) is 18.2 Å². The van der Waals surface area contributed by atoms with Crippen LogP contribution in [-0.2, 0) is 16.0 Å². The molecular formula is C27H39N3O5S. The number of aliphatic hydroxyl groups excluding tert-OH is 1. The van der Waals surface area contributed by atoms with Crippen LogP contribution in [0.1, 0.15) is 50.1 Å². The maximum atomic E-state index is 12.7. The topological polar surface area (TPSA) is 102 Å². The molecule has 0 aliphatic heterocycles.